The third kappa shape index (κ3) is 10.1. The fourth-order valence-corrected chi connectivity index (χ4v) is 5.28. The Labute approximate surface area is 331 Å². The van der Waals surface area contributed by atoms with Crippen LogP contribution in [0.4, 0.5) is 57.7 Å². The van der Waals surface area contributed by atoms with Crippen LogP contribution in [-0.4, -0.2) is 50.8 Å². The number of anilines is 9. The number of carbonyl (C=O) groups excluding carboxylic acids is 2. The van der Waals surface area contributed by atoms with E-state index in [-0.39, 0.29) is 34.3 Å². The number of nitrogens with two attached hydrogens (primary N) is 1. The minimum Gasteiger partial charge on any atom is -0.399 e. The monoisotopic (exact) mass is 794 g/mol. The largest absolute Gasteiger partial charge is 0.399 e. The van der Waals surface area contributed by atoms with Gasteiger partial charge in [-0.1, -0.05) is 59.6 Å². The molecule has 2 amide bonds. The maximum Gasteiger partial charge on any atom is 0.271 e. The van der Waals surface area contributed by atoms with Crippen molar-refractivity contribution >= 4 is 92.7 Å². The number of nitrogen functional groups attached to an aromatic ring is 1. The molecule has 0 spiro atoms. The van der Waals surface area contributed by atoms with Crippen molar-refractivity contribution in [2.45, 2.75) is 13.8 Å². The molecule has 6 aromatic rings. The van der Waals surface area contributed by atoms with Gasteiger partial charge in [-0.15, -0.1) is 0 Å². The number of nitro groups is 1. The SMILES string of the molecule is CNC(=O)c1ccccc1Nc1nc(Nc2cc(N)ccc2C)ncc1Cl.CNC(=O)c1ccccc1Nc1nc(Nc2cc([N+](=O)[O-])ccc2C)ncc1Cl. The average Bonchev–Trinajstić information content (AvgIpc) is 3.19. The van der Waals surface area contributed by atoms with E-state index in [0.717, 1.165) is 16.8 Å². The zero-order valence-electron chi connectivity index (χ0n) is 30.4. The van der Waals surface area contributed by atoms with Gasteiger partial charge >= 0.3 is 0 Å². The molecule has 0 unspecified atom stereocenters. The number of rotatable bonds is 11. The minimum atomic E-state index is -0.476. The first-order valence-electron chi connectivity index (χ1n) is 16.7. The quantitative estimate of drug-likeness (QED) is 0.0375. The van der Waals surface area contributed by atoms with Crippen molar-refractivity contribution in [1.82, 2.24) is 30.6 Å². The summed E-state index contributed by atoms with van der Waals surface area (Å²) in [4.78, 5) is 51.7. The summed E-state index contributed by atoms with van der Waals surface area (Å²) >= 11 is 12.4. The number of carbonyl (C=O) groups is 2. The van der Waals surface area contributed by atoms with E-state index in [1.54, 1.807) is 75.6 Å². The Balaban J connectivity index is 0.000000215. The molecule has 56 heavy (non-hydrogen) atoms. The van der Waals surface area contributed by atoms with E-state index in [0.29, 0.717) is 50.7 Å². The average molecular weight is 796 g/mol. The fraction of sp³-hybridized carbons (Fsp3) is 0.105. The van der Waals surface area contributed by atoms with Crippen molar-refractivity contribution in [3.05, 3.63) is 140 Å². The number of para-hydroxylation sites is 2. The van der Waals surface area contributed by atoms with Crippen LogP contribution in [0.5, 0.6) is 0 Å². The highest BCUT2D eigenvalue weighted by atomic mass is 35.5. The van der Waals surface area contributed by atoms with Gasteiger partial charge in [0.15, 0.2) is 11.6 Å². The molecule has 286 valence electrons. The van der Waals surface area contributed by atoms with Gasteiger partial charge in [0.05, 0.1) is 45.5 Å². The number of hydrogen-bond donors (Lipinski definition) is 7. The lowest BCUT2D eigenvalue weighted by Crippen LogP contribution is -2.19. The lowest BCUT2D eigenvalue weighted by atomic mass is 10.1. The molecule has 4 aromatic carbocycles. The number of aryl methyl sites for hydroxylation is 2. The normalized spacial score (nSPS) is 10.3. The first-order chi connectivity index (χ1) is 26.9. The van der Waals surface area contributed by atoms with Crippen LogP contribution in [0, 0.1) is 24.0 Å². The number of hydrogen-bond acceptors (Lipinski definition) is 13. The standard InChI is InChI=1S/C19H17ClN6O3.C19H19ClN6O/c1-11-7-8-12(26(28)29)9-16(11)24-19-22-10-14(20)17(25-19)23-15-6-4-3-5-13(15)18(27)21-2;1-11-7-8-12(21)9-16(11)25-19-23-10-14(20)17(26-19)24-15-6-4-3-5-13(15)18(27)22-2/h3-10H,1-2H3,(H,21,27)(H2,22,23,24,25);3-10H,21H2,1-2H3,(H,22,27)(H2,23,24,25,26). The molecule has 0 saturated heterocycles. The van der Waals surface area contributed by atoms with Crippen LogP contribution in [-0.2, 0) is 0 Å². The number of non-ortho nitro benzene ring substituents is 1. The van der Waals surface area contributed by atoms with E-state index in [9.17, 15) is 19.7 Å². The van der Waals surface area contributed by atoms with Gasteiger partial charge in [-0.2, -0.15) is 9.97 Å². The summed E-state index contributed by atoms with van der Waals surface area (Å²) in [5.41, 5.74) is 11.5. The smallest absolute Gasteiger partial charge is 0.271 e. The number of nitro benzene ring substituents is 1. The van der Waals surface area contributed by atoms with Gasteiger partial charge in [0.25, 0.3) is 17.5 Å². The molecule has 8 N–H and O–H groups in total. The predicted molar refractivity (Wildman–Crippen MR) is 220 cm³/mol. The predicted octanol–water partition coefficient (Wildman–Crippen LogP) is 8.06. The second-order valence-electron chi connectivity index (χ2n) is 11.9. The van der Waals surface area contributed by atoms with Gasteiger partial charge in [-0.25, -0.2) is 9.97 Å². The van der Waals surface area contributed by atoms with Crippen molar-refractivity contribution in [2.75, 3.05) is 41.1 Å². The third-order valence-corrected chi connectivity index (χ3v) is 8.53. The van der Waals surface area contributed by atoms with E-state index >= 15 is 0 Å². The molecule has 0 fully saturated rings. The van der Waals surface area contributed by atoms with Gasteiger partial charge in [0.2, 0.25) is 11.9 Å². The van der Waals surface area contributed by atoms with Crippen LogP contribution >= 0.6 is 23.2 Å². The number of nitrogens with one attached hydrogen (secondary N) is 6. The summed E-state index contributed by atoms with van der Waals surface area (Å²) in [6, 6.07) is 24.0. The summed E-state index contributed by atoms with van der Waals surface area (Å²) in [6.45, 7) is 3.76. The van der Waals surface area contributed by atoms with Crippen LogP contribution in [0.15, 0.2) is 97.3 Å². The molecular formula is C38H36Cl2N12O4. The molecule has 18 heteroatoms. The van der Waals surface area contributed by atoms with E-state index in [1.807, 2.05) is 25.1 Å². The van der Waals surface area contributed by atoms with Crippen LogP contribution in [0.25, 0.3) is 0 Å². The maximum atomic E-state index is 12.1. The number of nitrogens with zero attached hydrogens (tertiary/aromatic N) is 5. The summed E-state index contributed by atoms with van der Waals surface area (Å²) in [6.07, 6.45) is 2.89. The van der Waals surface area contributed by atoms with Gasteiger partial charge in [-0.3, -0.25) is 19.7 Å². The molecule has 0 aliphatic carbocycles. The molecular weight excluding hydrogens is 759 g/mol. The van der Waals surface area contributed by atoms with E-state index in [4.69, 9.17) is 28.9 Å². The van der Waals surface area contributed by atoms with Crippen LogP contribution < -0.4 is 37.6 Å². The molecule has 6 rings (SSSR count). The van der Waals surface area contributed by atoms with Crippen LogP contribution in [0.1, 0.15) is 31.8 Å². The van der Waals surface area contributed by atoms with Crippen molar-refractivity contribution in [1.29, 1.82) is 0 Å². The Morgan fingerprint density at radius 1 is 0.643 bits per heavy atom. The first kappa shape index (κ1) is 40.2. The molecule has 2 heterocycles. The zero-order chi connectivity index (χ0) is 40.4. The lowest BCUT2D eigenvalue weighted by Gasteiger charge is -2.13. The summed E-state index contributed by atoms with van der Waals surface area (Å²) in [7, 11) is 3.12. The van der Waals surface area contributed by atoms with E-state index in [1.165, 1.54) is 24.5 Å². The molecule has 0 aliphatic rings. The highest BCUT2D eigenvalue weighted by molar-refractivity contribution is 6.33. The molecule has 0 saturated carbocycles. The fourth-order valence-electron chi connectivity index (χ4n) is 5.01. The molecule has 0 bridgehead atoms. The molecule has 0 aliphatic heterocycles. The molecule has 0 radical (unpaired) electrons. The van der Waals surface area contributed by atoms with Crippen molar-refractivity contribution in [3.63, 3.8) is 0 Å². The van der Waals surface area contributed by atoms with Gasteiger partial charge in [-0.05, 0) is 61.4 Å². The second-order valence-corrected chi connectivity index (χ2v) is 12.7. The number of halogens is 2. The number of amides is 2. The van der Waals surface area contributed by atoms with Crippen molar-refractivity contribution in [2.24, 2.45) is 0 Å². The molecule has 0 atom stereocenters. The topological polar surface area (TPSA) is 227 Å². The van der Waals surface area contributed by atoms with Gasteiger partial charge in [0.1, 0.15) is 10.0 Å². The minimum absolute atomic E-state index is 0.0510. The first-order valence-corrected chi connectivity index (χ1v) is 17.5. The Bertz CT molecular complexity index is 2410. The summed E-state index contributed by atoms with van der Waals surface area (Å²) < 4.78 is 0. The van der Waals surface area contributed by atoms with Crippen molar-refractivity contribution in [3.8, 4) is 0 Å². The maximum absolute atomic E-state index is 12.1. The van der Waals surface area contributed by atoms with Crippen LogP contribution in [0.3, 0.4) is 0 Å². The Kier molecular flexibility index (Phi) is 13.1. The highest BCUT2D eigenvalue weighted by Crippen LogP contribution is 2.30. The Hall–Kier alpha value is -7.04. The molecule has 16 nitrogen and oxygen atoms in total. The third-order valence-electron chi connectivity index (χ3n) is 7.98. The van der Waals surface area contributed by atoms with Gasteiger partial charge in [0, 0.05) is 37.6 Å². The van der Waals surface area contributed by atoms with E-state index in [2.05, 4.69) is 51.8 Å². The Morgan fingerprint density at radius 3 is 1.55 bits per heavy atom. The van der Waals surface area contributed by atoms with Gasteiger partial charge < -0.3 is 37.6 Å². The Morgan fingerprint density at radius 2 is 1.09 bits per heavy atom. The summed E-state index contributed by atoms with van der Waals surface area (Å²) in [5, 5.41) is 29.0. The summed E-state index contributed by atoms with van der Waals surface area (Å²) in [5.74, 6) is 0.738. The number of aromatic nitrogens is 4. The van der Waals surface area contributed by atoms with E-state index < -0.39 is 4.92 Å². The lowest BCUT2D eigenvalue weighted by molar-refractivity contribution is -0.384. The van der Waals surface area contributed by atoms with Crippen molar-refractivity contribution < 1.29 is 14.5 Å². The zero-order valence-corrected chi connectivity index (χ0v) is 32.0. The van der Waals surface area contributed by atoms with Crippen LogP contribution in [0.2, 0.25) is 10.0 Å². The second kappa shape index (κ2) is 18.3. The molecule has 2 aromatic heterocycles. The highest BCUT2D eigenvalue weighted by Gasteiger charge is 2.16. The number of benzene rings is 4.